The summed E-state index contributed by atoms with van der Waals surface area (Å²) in [6.07, 6.45) is 6.88. The molecule has 1 heterocycles. The van der Waals surface area contributed by atoms with Crippen molar-refractivity contribution >= 4 is 33.6 Å². The van der Waals surface area contributed by atoms with Gasteiger partial charge in [-0.1, -0.05) is 34.1 Å². The van der Waals surface area contributed by atoms with Crippen LogP contribution in [0.3, 0.4) is 0 Å². The molecule has 1 N–H and O–H groups in total. The molecule has 0 atom stereocenters. The maximum Gasteiger partial charge on any atom is 0.248 e. The summed E-state index contributed by atoms with van der Waals surface area (Å²) in [5, 5.41) is 7.00. The summed E-state index contributed by atoms with van der Waals surface area (Å²) in [7, 11) is 0. The number of amides is 1. The highest BCUT2D eigenvalue weighted by atomic mass is 79.9. The van der Waals surface area contributed by atoms with Crippen LogP contribution < -0.4 is 5.32 Å². The van der Waals surface area contributed by atoms with Crippen LogP contribution in [0.4, 0.5) is 5.69 Å². The first-order valence-corrected chi connectivity index (χ1v) is 7.85. The van der Waals surface area contributed by atoms with Crippen LogP contribution in [-0.2, 0) is 4.79 Å². The summed E-state index contributed by atoms with van der Waals surface area (Å²) >= 11 is 3.45. The number of carbonyl (C=O) groups is 1. The molecule has 5 heteroatoms. The first kappa shape index (κ1) is 15.2. The lowest BCUT2D eigenvalue weighted by Gasteiger charge is -2.05. The Kier molecular flexibility index (Phi) is 4.68. The van der Waals surface area contributed by atoms with E-state index in [1.807, 2.05) is 60.8 Å². The third-order valence-corrected chi connectivity index (χ3v) is 3.95. The molecule has 0 saturated carbocycles. The molecular formula is C18H14BrN3O. The second kappa shape index (κ2) is 7.07. The van der Waals surface area contributed by atoms with Crippen molar-refractivity contribution in [3.8, 4) is 5.69 Å². The number of nitrogens with one attached hydrogen (secondary N) is 1. The fourth-order valence-corrected chi connectivity index (χ4v) is 2.50. The van der Waals surface area contributed by atoms with E-state index in [4.69, 9.17) is 0 Å². The maximum absolute atomic E-state index is 12.0. The smallest absolute Gasteiger partial charge is 0.248 e. The highest BCUT2D eigenvalue weighted by Crippen LogP contribution is 2.17. The van der Waals surface area contributed by atoms with Crippen LogP contribution in [0.2, 0.25) is 0 Å². The molecule has 1 amide bonds. The fourth-order valence-electron chi connectivity index (χ4n) is 2.08. The van der Waals surface area contributed by atoms with Crippen LogP contribution in [-0.4, -0.2) is 15.7 Å². The zero-order valence-electron chi connectivity index (χ0n) is 12.2. The molecule has 0 fully saturated rings. The standard InChI is InChI=1S/C18H14BrN3O/c19-17-5-2-1-4-14(17)6-11-18(23)21-15-7-9-16(10-8-15)22-13-3-12-20-22/h1-13H,(H,21,23). The Hall–Kier alpha value is -2.66. The Balaban J connectivity index is 1.65. The van der Waals surface area contributed by atoms with E-state index in [-0.39, 0.29) is 5.91 Å². The SMILES string of the molecule is O=C(C=Cc1ccccc1Br)Nc1ccc(-n2cccn2)cc1. The first-order chi connectivity index (χ1) is 11.2. The minimum absolute atomic E-state index is 0.174. The van der Waals surface area contributed by atoms with E-state index in [1.54, 1.807) is 17.0 Å². The van der Waals surface area contributed by atoms with Crippen LogP contribution in [0.15, 0.2) is 77.5 Å². The van der Waals surface area contributed by atoms with Crippen molar-refractivity contribution in [2.24, 2.45) is 0 Å². The average Bonchev–Trinajstić information content (AvgIpc) is 3.09. The number of aromatic nitrogens is 2. The van der Waals surface area contributed by atoms with E-state index in [1.165, 1.54) is 6.08 Å². The minimum atomic E-state index is -0.174. The summed E-state index contributed by atoms with van der Waals surface area (Å²) in [5.41, 5.74) is 2.64. The van der Waals surface area contributed by atoms with Gasteiger partial charge in [-0.3, -0.25) is 4.79 Å². The van der Waals surface area contributed by atoms with Crippen LogP contribution in [0.25, 0.3) is 11.8 Å². The second-order valence-electron chi connectivity index (χ2n) is 4.84. The van der Waals surface area contributed by atoms with E-state index < -0.39 is 0 Å². The van der Waals surface area contributed by atoms with Gasteiger partial charge in [0.2, 0.25) is 5.91 Å². The lowest BCUT2D eigenvalue weighted by Crippen LogP contribution is -2.07. The molecule has 1 aromatic heterocycles. The molecule has 0 aliphatic carbocycles. The molecule has 0 aliphatic heterocycles. The van der Waals surface area contributed by atoms with Crippen molar-refractivity contribution in [3.05, 3.63) is 83.1 Å². The van der Waals surface area contributed by atoms with Crippen LogP contribution >= 0.6 is 15.9 Å². The maximum atomic E-state index is 12.0. The summed E-state index contributed by atoms with van der Waals surface area (Å²) < 4.78 is 2.71. The van der Waals surface area contributed by atoms with Gasteiger partial charge >= 0.3 is 0 Å². The summed E-state index contributed by atoms with van der Waals surface area (Å²) in [6.45, 7) is 0. The Morgan fingerprint density at radius 3 is 2.57 bits per heavy atom. The lowest BCUT2D eigenvalue weighted by atomic mass is 10.2. The molecular weight excluding hydrogens is 354 g/mol. The van der Waals surface area contributed by atoms with Gasteiger partial charge in [0.1, 0.15) is 0 Å². The largest absolute Gasteiger partial charge is 0.323 e. The number of hydrogen-bond acceptors (Lipinski definition) is 2. The molecule has 0 bridgehead atoms. The lowest BCUT2D eigenvalue weighted by molar-refractivity contribution is -0.111. The summed E-state index contributed by atoms with van der Waals surface area (Å²) in [5.74, 6) is -0.174. The van der Waals surface area contributed by atoms with Gasteiger partial charge in [-0.25, -0.2) is 4.68 Å². The molecule has 4 nitrogen and oxygen atoms in total. The van der Waals surface area contributed by atoms with Crippen molar-refractivity contribution in [3.63, 3.8) is 0 Å². The Morgan fingerprint density at radius 1 is 1.09 bits per heavy atom. The van der Waals surface area contributed by atoms with Crippen LogP contribution in [0, 0.1) is 0 Å². The predicted octanol–water partition coefficient (Wildman–Crippen LogP) is 4.29. The number of rotatable bonds is 4. The van der Waals surface area contributed by atoms with Crippen LogP contribution in [0.1, 0.15) is 5.56 Å². The van der Waals surface area contributed by atoms with Gasteiger partial charge in [-0.2, -0.15) is 5.10 Å². The van der Waals surface area contributed by atoms with Gasteiger partial charge in [0.25, 0.3) is 0 Å². The van der Waals surface area contributed by atoms with E-state index in [0.29, 0.717) is 0 Å². The summed E-state index contributed by atoms with van der Waals surface area (Å²) in [4.78, 5) is 12.0. The number of carbonyl (C=O) groups excluding carboxylic acids is 1. The Morgan fingerprint density at radius 2 is 1.87 bits per heavy atom. The van der Waals surface area contributed by atoms with E-state index in [0.717, 1.165) is 21.4 Å². The third-order valence-electron chi connectivity index (χ3n) is 3.22. The minimum Gasteiger partial charge on any atom is -0.323 e. The van der Waals surface area contributed by atoms with E-state index in [2.05, 4.69) is 26.3 Å². The number of anilines is 1. The van der Waals surface area contributed by atoms with Crippen molar-refractivity contribution in [1.29, 1.82) is 0 Å². The van der Waals surface area contributed by atoms with E-state index in [9.17, 15) is 4.79 Å². The van der Waals surface area contributed by atoms with Gasteiger partial charge in [0.05, 0.1) is 5.69 Å². The van der Waals surface area contributed by atoms with Crippen molar-refractivity contribution in [2.45, 2.75) is 0 Å². The highest BCUT2D eigenvalue weighted by Gasteiger charge is 2.00. The number of benzene rings is 2. The highest BCUT2D eigenvalue weighted by molar-refractivity contribution is 9.10. The van der Waals surface area contributed by atoms with Gasteiger partial charge in [-0.15, -0.1) is 0 Å². The molecule has 23 heavy (non-hydrogen) atoms. The number of nitrogens with zero attached hydrogens (tertiary/aromatic N) is 2. The Labute approximate surface area is 142 Å². The normalized spacial score (nSPS) is 10.8. The van der Waals surface area contributed by atoms with Gasteiger partial charge < -0.3 is 5.32 Å². The Bertz CT molecular complexity index is 824. The summed E-state index contributed by atoms with van der Waals surface area (Å²) in [6, 6.07) is 17.1. The quantitative estimate of drug-likeness (QED) is 0.699. The van der Waals surface area contributed by atoms with Crippen LogP contribution in [0.5, 0.6) is 0 Å². The molecule has 0 spiro atoms. The predicted molar refractivity (Wildman–Crippen MR) is 95.4 cm³/mol. The molecule has 0 saturated heterocycles. The second-order valence-corrected chi connectivity index (χ2v) is 5.70. The average molecular weight is 368 g/mol. The van der Waals surface area contributed by atoms with Gasteiger partial charge in [0, 0.05) is 28.6 Å². The topological polar surface area (TPSA) is 46.9 Å². The zero-order valence-corrected chi connectivity index (χ0v) is 13.8. The number of hydrogen-bond donors (Lipinski definition) is 1. The zero-order chi connectivity index (χ0) is 16.1. The number of halogens is 1. The first-order valence-electron chi connectivity index (χ1n) is 7.06. The monoisotopic (exact) mass is 367 g/mol. The molecule has 3 aromatic rings. The molecule has 0 unspecified atom stereocenters. The molecule has 0 aliphatic rings. The molecule has 2 aromatic carbocycles. The van der Waals surface area contributed by atoms with Gasteiger partial charge in [0.15, 0.2) is 0 Å². The molecule has 114 valence electrons. The van der Waals surface area contributed by atoms with Gasteiger partial charge in [-0.05, 0) is 48.0 Å². The fraction of sp³-hybridized carbons (Fsp3) is 0. The van der Waals surface area contributed by atoms with Crippen molar-refractivity contribution in [1.82, 2.24) is 9.78 Å². The van der Waals surface area contributed by atoms with Crippen molar-refractivity contribution < 1.29 is 4.79 Å². The molecule has 0 radical (unpaired) electrons. The third kappa shape index (κ3) is 3.96. The van der Waals surface area contributed by atoms with E-state index >= 15 is 0 Å². The van der Waals surface area contributed by atoms with Crippen molar-refractivity contribution in [2.75, 3.05) is 5.32 Å². The molecule has 3 rings (SSSR count).